The zero-order valence-electron chi connectivity index (χ0n) is 8.03. The van der Waals surface area contributed by atoms with Crippen LogP contribution in [0.15, 0.2) is 0 Å². The Morgan fingerprint density at radius 2 is 2.50 bits per heavy atom. The summed E-state index contributed by atoms with van der Waals surface area (Å²) in [6.45, 7) is 1.37. The molecule has 0 aromatic heterocycles. The number of ether oxygens (including phenoxy) is 2. The Bertz CT molecular complexity index is 206. The van der Waals surface area contributed by atoms with Gasteiger partial charge in [0.1, 0.15) is 0 Å². The summed E-state index contributed by atoms with van der Waals surface area (Å²) in [5.74, 6) is 0.811. The summed E-state index contributed by atoms with van der Waals surface area (Å²) in [7, 11) is 0. The van der Waals surface area contributed by atoms with Crippen molar-refractivity contribution in [3.8, 4) is 0 Å². The van der Waals surface area contributed by atoms with E-state index in [4.69, 9.17) is 9.47 Å². The maximum Gasteiger partial charge on any atom is 0.279 e. The van der Waals surface area contributed by atoms with Gasteiger partial charge in [0, 0.05) is 12.4 Å². The van der Waals surface area contributed by atoms with Gasteiger partial charge in [-0.2, -0.15) is 0 Å². The molecule has 1 N–H and O–H groups in total. The lowest BCUT2D eigenvalue weighted by Gasteiger charge is -2.23. The first-order valence-electron chi connectivity index (χ1n) is 5.01. The molecule has 2 saturated heterocycles. The Hall–Kier alpha value is -0.260. The second-order valence-electron chi connectivity index (χ2n) is 3.57. The van der Waals surface area contributed by atoms with Crippen molar-refractivity contribution in [2.75, 3.05) is 19.0 Å². The third-order valence-electron chi connectivity index (χ3n) is 2.36. The fraction of sp³-hybridized carbons (Fsp3) is 0.889. The van der Waals surface area contributed by atoms with Crippen LogP contribution in [0.1, 0.15) is 19.3 Å². The summed E-state index contributed by atoms with van der Waals surface area (Å²) >= 11 is 1.32. The summed E-state index contributed by atoms with van der Waals surface area (Å²) in [4.78, 5) is 10.9. The van der Waals surface area contributed by atoms with Crippen LogP contribution in [-0.2, 0) is 9.47 Å². The number of carbonyl (C=O) groups excluding carboxylic acids is 1. The van der Waals surface area contributed by atoms with Gasteiger partial charge in [0.15, 0.2) is 6.29 Å². The van der Waals surface area contributed by atoms with Crippen molar-refractivity contribution in [3.63, 3.8) is 0 Å². The number of rotatable bonds is 3. The van der Waals surface area contributed by atoms with Crippen LogP contribution in [0.2, 0.25) is 0 Å². The normalized spacial score (nSPS) is 33.0. The largest absolute Gasteiger partial charge is 0.353 e. The minimum atomic E-state index is -0.0498. The molecular formula is C9H15NO3S. The number of amides is 1. The Kier molecular flexibility index (Phi) is 3.67. The second-order valence-corrected chi connectivity index (χ2v) is 4.56. The molecule has 5 heteroatoms. The molecule has 0 spiro atoms. The maximum atomic E-state index is 10.9. The molecule has 2 fully saturated rings. The average Bonchev–Trinajstić information content (AvgIpc) is 2.63. The molecule has 0 saturated carbocycles. The van der Waals surface area contributed by atoms with E-state index in [1.54, 1.807) is 0 Å². The number of hydrogen-bond donors (Lipinski definition) is 1. The van der Waals surface area contributed by atoms with Crippen LogP contribution in [0, 0.1) is 0 Å². The van der Waals surface area contributed by atoms with E-state index in [0.717, 1.165) is 25.2 Å². The Labute approximate surface area is 87.7 Å². The number of thioether (sulfide) groups is 1. The molecule has 0 aromatic carbocycles. The molecule has 0 aliphatic carbocycles. The first-order chi connectivity index (χ1) is 6.84. The molecule has 1 amide bonds. The van der Waals surface area contributed by atoms with Gasteiger partial charge in [0.25, 0.3) is 5.24 Å². The lowest BCUT2D eigenvalue weighted by atomic mass is 10.2. The predicted octanol–water partition coefficient (Wildman–Crippen LogP) is 1.35. The predicted molar refractivity (Wildman–Crippen MR) is 54.3 cm³/mol. The van der Waals surface area contributed by atoms with E-state index in [-0.39, 0.29) is 17.6 Å². The quantitative estimate of drug-likeness (QED) is 0.775. The van der Waals surface area contributed by atoms with Crippen molar-refractivity contribution in [2.24, 2.45) is 0 Å². The van der Waals surface area contributed by atoms with Gasteiger partial charge in [0.05, 0.1) is 12.6 Å². The molecule has 0 aromatic rings. The third-order valence-corrected chi connectivity index (χ3v) is 3.31. The van der Waals surface area contributed by atoms with E-state index in [9.17, 15) is 4.79 Å². The number of nitrogens with one attached hydrogen (secondary N) is 1. The van der Waals surface area contributed by atoms with Gasteiger partial charge in [-0.25, -0.2) is 0 Å². The van der Waals surface area contributed by atoms with E-state index in [0.29, 0.717) is 6.61 Å². The van der Waals surface area contributed by atoms with Crippen LogP contribution in [0.25, 0.3) is 0 Å². The Morgan fingerprint density at radius 1 is 1.57 bits per heavy atom. The summed E-state index contributed by atoms with van der Waals surface area (Å²) in [5, 5.41) is 2.90. The minimum Gasteiger partial charge on any atom is -0.353 e. The smallest absolute Gasteiger partial charge is 0.279 e. The minimum absolute atomic E-state index is 0.0498. The molecule has 1 unspecified atom stereocenters. The lowest BCUT2D eigenvalue weighted by molar-refractivity contribution is -0.164. The highest BCUT2D eigenvalue weighted by Crippen LogP contribution is 2.17. The zero-order chi connectivity index (χ0) is 9.80. The third kappa shape index (κ3) is 2.87. The van der Waals surface area contributed by atoms with Gasteiger partial charge in [-0.1, -0.05) is 11.8 Å². The molecule has 0 bridgehead atoms. The monoisotopic (exact) mass is 217 g/mol. The van der Waals surface area contributed by atoms with Crippen LogP contribution in [0.4, 0.5) is 4.79 Å². The van der Waals surface area contributed by atoms with E-state index in [1.165, 1.54) is 18.2 Å². The van der Waals surface area contributed by atoms with Gasteiger partial charge in [-0.3, -0.25) is 4.79 Å². The second kappa shape index (κ2) is 5.00. The van der Waals surface area contributed by atoms with Crippen molar-refractivity contribution in [3.05, 3.63) is 0 Å². The Morgan fingerprint density at radius 3 is 3.14 bits per heavy atom. The SMILES string of the molecule is O=C1N[C@@H](COC2CCCCO2)CS1. The zero-order valence-corrected chi connectivity index (χ0v) is 8.85. The average molecular weight is 217 g/mol. The molecule has 2 heterocycles. The molecule has 2 aliphatic heterocycles. The van der Waals surface area contributed by atoms with Crippen molar-refractivity contribution < 1.29 is 14.3 Å². The number of hydrogen-bond acceptors (Lipinski definition) is 4. The van der Waals surface area contributed by atoms with Gasteiger partial charge in [0.2, 0.25) is 0 Å². The first kappa shape index (κ1) is 10.3. The number of carbonyl (C=O) groups is 1. The summed E-state index contributed by atoms with van der Waals surface area (Å²) in [6, 6.07) is 0.165. The van der Waals surface area contributed by atoms with Crippen molar-refractivity contribution in [1.29, 1.82) is 0 Å². The molecule has 2 rings (SSSR count). The highest BCUT2D eigenvalue weighted by atomic mass is 32.2. The van der Waals surface area contributed by atoms with Crippen LogP contribution >= 0.6 is 11.8 Å². The molecule has 2 atom stereocenters. The van der Waals surface area contributed by atoms with Crippen LogP contribution < -0.4 is 5.32 Å². The van der Waals surface area contributed by atoms with E-state index < -0.39 is 0 Å². The molecule has 14 heavy (non-hydrogen) atoms. The highest BCUT2D eigenvalue weighted by molar-refractivity contribution is 8.13. The summed E-state index contributed by atoms with van der Waals surface area (Å²) < 4.78 is 11.0. The van der Waals surface area contributed by atoms with Crippen molar-refractivity contribution in [2.45, 2.75) is 31.6 Å². The molecular weight excluding hydrogens is 202 g/mol. The Balaban J connectivity index is 1.63. The van der Waals surface area contributed by atoms with E-state index >= 15 is 0 Å². The fourth-order valence-electron chi connectivity index (χ4n) is 1.58. The van der Waals surface area contributed by atoms with E-state index in [2.05, 4.69) is 5.32 Å². The van der Waals surface area contributed by atoms with Crippen LogP contribution in [-0.4, -0.2) is 36.5 Å². The summed E-state index contributed by atoms with van der Waals surface area (Å²) in [5.41, 5.74) is 0. The standard InChI is InChI=1S/C9H15NO3S/c11-9-10-7(6-14-9)5-13-8-3-1-2-4-12-8/h7-8H,1-6H2,(H,10,11)/t7-,8?/m0/s1. The topological polar surface area (TPSA) is 47.6 Å². The molecule has 4 nitrogen and oxygen atoms in total. The van der Waals surface area contributed by atoms with Crippen molar-refractivity contribution >= 4 is 17.0 Å². The van der Waals surface area contributed by atoms with Crippen LogP contribution in [0.5, 0.6) is 0 Å². The van der Waals surface area contributed by atoms with Gasteiger partial charge in [-0.15, -0.1) is 0 Å². The van der Waals surface area contributed by atoms with Crippen LogP contribution in [0.3, 0.4) is 0 Å². The molecule has 0 radical (unpaired) electrons. The van der Waals surface area contributed by atoms with Crippen molar-refractivity contribution in [1.82, 2.24) is 5.32 Å². The van der Waals surface area contributed by atoms with E-state index in [1.807, 2.05) is 0 Å². The fourth-order valence-corrected chi connectivity index (χ4v) is 2.36. The maximum absolute atomic E-state index is 10.9. The first-order valence-corrected chi connectivity index (χ1v) is 5.99. The van der Waals surface area contributed by atoms with Gasteiger partial charge >= 0.3 is 0 Å². The summed E-state index contributed by atoms with van der Waals surface area (Å²) in [6.07, 6.45) is 3.24. The molecule has 80 valence electrons. The van der Waals surface area contributed by atoms with Gasteiger partial charge < -0.3 is 14.8 Å². The molecule has 2 aliphatic rings. The lowest BCUT2D eigenvalue weighted by Crippen LogP contribution is -2.34. The van der Waals surface area contributed by atoms with Gasteiger partial charge in [-0.05, 0) is 19.3 Å². The highest BCUT2D eigenvalue weighted by Gasteiger charge is 2.23.